The van der Waals surface area contributed by atoms with Gasteiger partial charge < -0.3 is 15.6 Å². The molecule has 0 bridgehead atoms. The van der Waals surface area contributed by atoms with Crippen molar-refractivity contribution < 1.29 is 4.79 Å². The van der Waals surface area contributed by atoms with Crippen molar-refractivity contribution in [2.75, 3.05) is 37.6 Å². The number of amides is 1. The minimum absolute atomic E-state index is 0.128. The fourth-order valence-electron chi connectivity index (χ4n) is 2.86. The third-order valence-corrected chi connectivity index (χ3v) is 3.96. The predicted molar refractivity (Wildman–Crippen MR) is 84.8 cm³/mol. The number of nitrogens with one attached hydrogen (secondary N) is 1. The fourth-order valence-corrected chi connectivity index (χ4v) is 2.86. The Morgan fingerprint density at radius 3 is 2.95 bits per heavy atom. The molecular formula is C15H19N5O2. The van der Waals surface area contributed by atoms with E-state index in [-0.39, 0.29) is 11.5 Å². The van der Waals surface area contributed by atoms with Crippen LogP contribution in [0.15, 0.2) is 29.3 Å². The molecule has 1 aromatic heterocycles. The molecule has 0 unspecified atom stereocenters. The van der Waals surface area contributed by atoms with Crippen LogP contribution in [0.2, 0.25) is 0 Å². The van der Waals surface area contributed by atoms with Crippen LogP contribution in [0, 0.1) is 0 Å². The van der Waals surface area contributed by atoms with Crippen molar-refractivity contribution in [3.63, 3.8) is 0 Å². The maximum absolute atomic E-state index is 11.9. The fraction of sp³-hybridized carbons (Fsp3) is 0.400. The Morgan fingerprint density at radius 2 is 2.14 bits per heavy atom. The predicted octanol–water partition coefficient (Wildman–Crippen LogP) is -0.0795. The standard InChI is InChI=1S/C15H19N5O2/c16-14(21)9-19-4-1-5-20(7-6-19)11-2-3-13-12(8-11)15(22)18-10-17-13/h2-3,8,10H,1,4-7,9H2,(H2,16,21)(H,17,18,22). The number of H-pyrrole nitrogens is 1. The van der Waals surface area contributed by atoms with Crippen LogP contribution in [-0.4, -0.2) is 53.5 Å². The summed E-state index contributed by atoms with van der Waals surface area (Å²) in [5.41, 5.74) is 6.83. The highest BCUT2D eigenvalue weighted by atomic mass is 16.1. The number of aromatic amines is 1. The molecule has 116 valence electrons. The lowest BCUT2D eigenvalue weighted by atomic mass is 10.2. The molecule has 0 radical (unpaired) electrons. The molecule has 2 aromatic rings. The quantitative estimate of drug-likeness (QED) is 0.827. The van der Waals surface area contributed by atoms with E-state index in [1.54, 1.807) is 0 Å². The smallest absolute Gasteiger partial charge is 0.258 e. The van der Waals surface area contributed by atoms with Crippen LogP contribution >= 0.6 is 0 Å². The lowest BCUT2D eigenvalue weighted by molar-refractivity contribution is -0.119. The number of nitrogens with zero attached hydrogens (tertiary/aromatic N) is 3. The van der Waals surface area contributed by atoms with E-state index in [1.807, 2.05) is 18.2 Å². The lowest BCUT2D eigenvalue weighted by Crippen LogP contribution is -2.36. The highest BCUT2D eigenvalue weighted by Crippen LogP contribution is 2.20. The zero-order valence-electron chi connectivity index (χ0n) is 12.3. The third-order valence-electron chi connectivity index (χ3n) is 3.96. The van der Waals surface area contributed by atoms with Gasteiger partial charge in [0.05, 0.1) is 23.8 Å². The monoisotopic (exact) mass is 301 g/mol. The van der Waals surface area contributed by atoms with E-state index < -0.39 is 0 Å². The summed E-state index contributed by atoms with van der Waals surface area (Å²) in [5.74, 6) is -0.295. The molecular weight excluding hydrogens is 282 g/mol. The highest BCUT2D eigenvalue weighted by molar-refractivity contribution is 5.81. The molecule has 1 aliphatic heterocycles. The second kappa shape index (κ2) is 6.15. The summed E-state index contributed by atoms with van der Waals surface area (Å²) in [6.07, 6.45) is 2.37. The summed E-state index contributed by atoms with van der Waals surface area (Å²) in [7, 11) is 0. The van der Waals surface area contributed by atoms with Gasteiger partial charge >= 0.3 is 0 Å². The summed E-state index contributed by atoms with van der Waals surface area (Å²) in [6, 6.07) is 5.73. The van der Waals surface area contributed by atoms with E-state index >= 15 is 0 Å². The molecule has 1 fully saturated rings. The molecule has 22 heavy (non-hydrogen) atoms. The Balaban J connectivity index is 1.81. The minimum atomic E-state index is -0.295. The maximum Gasteiger partial charge on any atom is 0.258 e. The van der Waals surface area contributed by atoms with Gasteiger partial charge in [0.15, 0.2) is 0 Å². The Hall–Kier alpha value is -2.41. The molecule has 3 N–H and O–H groups in total. The number of benzene rings is 1. The molecule has 1 aromatic carbocycles. The molecule has 0 saturated carbocycles. The molecule has 0 atom stereocenters. The number of fused-ring (bicyclic) bond motifs is 1. The number of primary amides is 1. The van der Waals surface area contributed by atoms with Crippen LogP contribution in [-0.2, 0) is 4.79 Å². The van der Waals surface area contributed by atoms with Crippen molar-refractivity contribution in [1.29, 1.82) is 0 Å². The summed E-state index contributed by atoms with van der Waals surface area (Å²) >= 11 is 0. The molecule has 1 saturated heterocycles. The van der Waals surface area contributed by atoms with Crippen LogP contribution in [0.3, 0.4) is 0 Å². The van der Waals surface area contributed by atoms with Crippen LogP contribution in [0.1, 0.15) is 6.42 Å². The van der Waals surface area contributed by atoms with E-state index in [1.165, 1.54) is 6.33 Å². The largest absolute Gasteiger partial charge is 0.370 e. The average Bonchev–Trinajstić information content (AvgIpc) is 2.72. The Bertz CT molecular complexity index is 742. The van der Waals surface area contributed by atoms with Crippen molar-refractivity contribution in [1.82, 2.24) is 14.9 Å². The topological polar surface area (TPSA) is 95.3 Å². The van der Waals surface area contributed by atoms with Gasteiger partial charge in [-0.15, -0.1) is 0 Å². The van der Waals surface area contributed by atoms with Gasteiger partial charge in [-0.2, -0.15) is 0 Å². The van der Waals surface area contributed by atoms with E-state index in [4.69, 9.17) is 5.73 Å². The number of rotatable bonds is 3. The Kier molecular flexibility index (Phi) is 4.06. The first kappa shape index (κ1) is 14.5. The molecule has 0 spiro atoms. The van der Waals surface area contributed by atoms with E-state index in [9.17, 15) is 9.59 Å². The summed E-state index contributed by atoms with van der Waals surface area (Å²) < 4.78 is 0. The molecule has 2 heterocycles. The average molecular weight is 301 g/mol. The maximum atomic E-state index is 11.9. The number of nitrogens with two attached hydrogens (primary N) is 1. The second-order valence-electron chi connectivity index (χ2n) is 5.52. The Morgan fingerprint density at radius 1 is 1.27 bits per heavy atom. The molecule has 7 nitrogen and oxygen atoms in total. The number of hydrogen-bond donors (Lipinski definition) is 2. The zero-order chi connectivity index (χ0) is 15.5. The summed E-state index contributed by atoms with van der Waals surface area (Å²) in [4.78, 5) is 34.0. The van der Waals surface area contributed by atoms with E-state index in [0.717, 1.165) is 38.3 Å². The molecule has 1 amide bonds. The van der Waals surface area contributed by atoms with Gasteiger partial charge in [0.25, 0.3) is 5.56 Å². The number of aromatic nitrogens is 2. The number of hydrogen-bond acceptors (Lipinski definition) is 5. The van der Waals surface area contributed by atoms with Crippen molar-refractivity contribution in [3.8, 4) is 0 Å². The third kappa shape index (κ3) is 3.09. The second-order valence-corrected chi connectivity index (χ2v) is 5.52. The summed E-state index contributed by atoms with van der Waals surface area (Å²) in [6.45, 7) is 3.63. The van der Waals surface area contributed by atoms with Crippen LogP contribution in [0.5, 0.6) is 0 Å². The first-order valence-corrected chi connectivity index (χ1v) is 7.36. The number of carbonyl (C=O) groups is 1. The SMILES string of the molecule is NC(=O)CN1CCCN(c2ccc3nc[nH]c(=O)c3c2)CC1. The van der Waals surface area contributed by atoms with Crippen molar-refractivity contribution >= 4 is 22.5 Å². The van der Waals surface area contributed by atoms with Crippen molar-refractivity contribution in [2.24, 2.45) is 5.73 Å². The molecule has 0 aliphatic carbocycles. The van der Waals surface area contributed by atoms with Gasteiger partial charge in [-0.1, -0.05) is 0 Å². The first-order valence-electron chi connectivity index (χ1n) is 7.36. The van der Waals surface area contributed by atoms with Crippen LogP contribution in [0.4, 0.5) is 5.69 Å². The zero-order valence-corrected chi connectivity index (χ0v) is 12.3. The first-order chi connectivity index (χ1) is 10.6. The molecule has 1 aliphatic rings. The van der Waals surface area contributed by atoms with Gasteiger partial charge in [0.2, 0.25) is 5.91 Å². The van der Waals surface area contributed by atoms with Gasteiger partial charge in [0, 0.05) is 31.9 Å². The van der Waals surface area contributed by atoms with Gasteiger partial charge in [-0.25, -0.2) is 4.98 Å². The van der Waals surface area contributed by atoms with Gasteiger partial charge in [0.1, 0.15) is 0 Å². The minimum Gasteiger partial charge on any atom is -0.370 e. The Labute approximate surface area is 127 Å². The van der Waals surface area contributed by atoms with Crippen LogP contribution < -0.4 is 16.2 Å². The summed E-state index contributed by atoms with van der Waals surface area (Å²) in [5, 5.41) is 0.596. The normalized spacial score (nSPS) is 16.6. The van der Waals surface area contributed by atoms with Gasteiger partial charge in [-0.05, 0) is 24.6 Å². The van der Waals surface area contributed by atoms with Gasteiger partial charge in [-0.3, -0.25) is 14.5 Å². The van der Waals surface area contributed by atoms with E-state index in [0.29, 0.717) is 17.4 Å². The number of anilines is 1. The van der Waals surface area contributed by atoms with E-state index in [2.05, 4.69) is 19.8 Å². The number of carbonyl (C=O) groups excluding carboxylic acids is 1. The van der Waals surface area contributed by atoms with Crippen LogP contribution in [0.25, 0.3) is 10.9 Å². The molecule has 7 heteroatoms. The lowest BCUT2D eigenvalue weighted by Gasteiger charge is -2.23. The van der Waals surface area contributed by atoms with Crippen molar-refractivity contribution in [2.45, 2.75) is 6.42 Å². The molecule has 3 rings (SSSR count). The van der Waals surface area contributed by atoms with Crippen molar-refractivity contribution in [3.05, 3.63) is 34.9 Å². The highest BCUT2D eigenvalue weighted by Gasteiger charge is 2.17.